The van der Waals surface area contributed by atoms with Crippen molar-refractivity contribution in [1.82, 2.24) is 15.1 Å². The minimum absolute atomic E-state index is 0. The molecule has 8 heteroatoms. The first-order valence-corrected chi connectivity index (χ1v) is 9.02. The second-order valence-electron chi connectivity index (χ2n) is 6.47. The van der Waals surface area contributed by atoms with Crippen molar-refractivity contribution in [3.63, 3.8) is 0 Å². The Morgan fingerprint density at radius 1 is 1.32 bits per heavy atom. The molecule has 0 bridgehead atoms. The van der Waals surface area contributed by atoms with Crippen molar-refractivity contribution in [1.29, 1.82) is 0 Å². The van der Waals surface area contributed by atoms with Gasteiger partial charge in [0.25, 0.3) is 0 Å². The van der Waals surface area contributed by atoms with Crippen LogP contribution in [0.15, 0.2) is 4.99 Å². The highest BCUT2D eigenvalue weighted by molar-refractivity contribution is 14.0. The molecule has 0 aromatic rings. The third-order valence-corrected chi connectivity index (χ3v) is 4.29. The first-order valence-electron chi connectivity index (χ1n) is 9.02. The lowest BCUT2D eigenvalue weighted by Crippen LogP contribution is -2.43. The molecule has 0 radical (unpaired) electrons. The van der Waals surface area contributed by atoms with Crippen LogP contribution in [0.2, 0.25) is 0 Å². The number of amides is 2. The van der Waals surface area contributed by atoms with Crippen LogP contribution in [0.3, 0.4) is 0 Å². The Labute approximate surface area is 167 Å². The smallest absolute Gasteiger partial charge is 0.229 e. The molecule has 1 aliphatic heterocycles. The van der Waals surface area contributed by atoms with E-state index in [9.17, 15) is 9.59 Å². The summed E-state index contributed by atoms with van der Waals surface area (Å²) in [6.45, 7) is 5.88. The Hall–Kier alpha value is -0.900. The largest absolute Gasteiger partial charge is 0.379 e. The molecule has 0 aromatic heterocycles. The number of ether oxygens (including phenoxy) is 1. The SMILES string of the molecule is CCNC(=NCCN1C(=O)CCCC1=O)N(C)CCOCC1CC1.I. The lowest BCUT2D eigenvalue weighted by molar-refractivity contribution is -0.147. The highest BCUT2D eigenvalue weighted by atomic mass is 127. The number of piperidine rings is 1. The van der Waals surface area contributed by atoms with E-state index in [1.807, 2.05) is 18.9 Å². The minimum Gasteiger partial charge on any atom is -0.379 e. The summed E-state index contributed by atoms with van der Waals surface area (Å²) in [6.07, 6.45) is 4.20. The Kier molecular flexibility index (Phi) is 10.3. The van der Waals surface area contributed by atoms with Gasteiger partial charge in [0.1, 0.15) is 0 Å². The standard InChI is InChI=1S/C17H30N4O3.HI/c1-3-18-17(20(2)11-12-24-13-14-7-8-14)19-9-10-21-15(22)5-4-6-16(21)23;/h14H,3-13H2,1-2H3,(H,18,19);1H. The van der Waals surface area contributed by atoms with E-state index in [0.29, 0.717) is 39.0 Å². The number of halogens is 1. The quantitative estimate of drug-likeness (QED) is 0.183. The number of aliphatic imine (C=N–C) groups is 1. The van der Waals surface area contributed by atoms with Crippen molar-refractivity contribution in [2.45, 2.75) is 39.0 Å². The van der Waals surface area contributed by atoms with E-state index in [1.54, 1.807) is 0 Å². The molecule has 0 atom stereocenters. The third kappa shape index (κ3) is 7.89. The van der Waals surface area contributed by atoms with Gasteiger partial charge in [0.05, 0.1) is 13.2 Å². The van der Waals surface area contributed by atoms with Crippen LogP contribution in [0.4, 0.5) is 0 Å². The van der Waals surface area contributed by atoms with Gasteiger partial charge in [-0.2, -0.15) is 0 Å². The number of nitrogens with zero attached hydrogens (tertiary/aromatic N) is 3. The fraction of sp³-hybridized carbons (Fsp3) is 0.824. The lowest BCUT2D eigenvalue weighted by atomic mass is 10.1. The van der Waals surface area contributed by atoms with Gasteiger partial charge < -0.3 is 15.0 Å². The molecule has 0 spiro atoms. The predicted molar refractivity (Wildman–Crippen MR) is 108 cm³/mol. The monoisotopic (exact) mass is 466 g/mol. The van der Waals surface area contributed by atoms with E-state index >= 15 is 0 Å². The second kappa shape index (κ2) is 11.7. The Morgan fingerprint density at radius 3 is 2.60 bits per heavy atom. The molecule has 0 aromatic carbocycles. The molecule has 1 heterocycles. The number of rotatable bonds is 9. The van der Waals surface area contributed by atoms with Crippen molar-refractivity contribution < 1.29 is 14.3 Å². The fourth-order valence-corrected chi connectivity index (χ4v) is 2.62. The molecule has 0 unspecified atom stereocenters. The van der Waals surface area contributed by atoms with Crippen LogP contribution in [0.5, 0.6) is 0 Å². The molecule has 1 saturated carbocycles. The fourth-order valence-electron chi connectivity index (χ4n) is 2.62. The molecule has 7 nitrogen and oxygen atoms in total. The number of likely N-dealkylation sites (tertiary alicyclic amines) is 1. The van der Waals surface area contributed by atoms with Crippen LogP contribution < -0.4 is 5.32 Å². The zero-order valence-electron chi connectivity index (χ0n) is 15.3. The van der Waals surface area contributed by atoms with Crippen LogP contribution >= 0.6 is 24.0 Å². The van der Waals surface area contributed by atoms with E-state index in [-0.39, 0.29) is 35.8 Å². The van der Waals surface area contributed by atoms with Crippen molar-refractivity contribution in [3.8, 4) is 0 Å². The van der Waals surface area contributed by atoms with Crippen LogP contribution in [-0.2, 0) is 14.3 Å². The van der Waals surface area contributed by atoms with Gasteiger partial charge in [-0.05, 0) is 32.1 Å². The molecule has 2 fully saturated rings. The van der Waals surface area contributed by atoms with Gasteiger partial charge in [-0.25, -0.2) is 0 Å². The van der Waals surface area contributed by atoms with Crippen LogP contribution in [0.25, 0.3) is 0 Å². The van der Waals surface area contributed by atoms with Crippen LogP contribution in [-0.4, -0.2) is 74.0 Å². The van der Waals surface area contributed by atoms with Gasteiger partial charge in [-0.3, -0.25) is 19.5 Å². The Balaban J connectivity index is 0.00000312. The van der Waals surface area contributed by atoms with E-state index < -0.39 is 0 Å². The number of hydrogen-bond donors (Lipinski definition) is 1. The molecule has 1 saturated heterocycles. The number of likely N-dealkylation sites (N-methyl/N-ethyl adjacent to an activating group) is 1. The predicted octanol–water partition coefficient (Wildman–Crippen LogP) is 1.47. The normalized spacial score (nSPS) is 18.2. The third-order valence-electron chi connectivity index (χ3n) is 4.29. The maximum Gasteiger partial charge on any atom is 0.229 e. The molecule has 2 aliphatic rings. The topological polar surface area (TPSA) is 74.2 Å². The summed E-state index contributed by atoms with van der Waals surface area (Å²) in [5.74, 6) is 1.41. The van der Waals surface area contributed by atoms with Gasteiger partial charge in [0.15, 0.2) is 5.96 Å². The minimum atomic E-state index is -0.0757. The number of carbonyl (C=O) groups excluding carboxylic acids is 2. The van der Waals surface area contributed by atoms with E-state index in [1.165, 1.54) is 17.7 Å². The first kappa shape index (κ1) is 22.1. The molecule has 1 N–H and O–H groups in total. The summed E-state index contributed by atoms with van der Waals surface area (Å²) >= 11 is 0. The van der Waals surface area contributed by atoms with Crippen molar-refractivity contribution >= 4 is 41.8 Å². The second-order valence-corrected chi connectivity index (χ2v) is 6.47. The molecule has 25 heavy (non-hydrogen) atoms. The highest BCUT2D eigenvalue weighted by Crippen LogP contribution is 2.28. The maximum absolute atomic E-state index is 11.8. The summed E-state index contributed by atoms with van der Waals surface area (Å²) in [5.41, 5.74) is 0. The van der Waals surface area contributed by atoms with Crippen LogP contribution in [0.1, 0.15) is 39.0 Å². The maximum atomic E-state index is 11.8. The number of imide groups is 1. The van der Waals surface area contributed by atoms with E-state index in [4.69, 9.17) is 4.74 Å². The van der Waals surface area contributed by atoms with Gasteiger partial charge in [0, 0.05) is 46.1 Å². The number of guanidine groups is 1. The van der Waals surface area contributed by atoms with Crippen molar-refractivity contribution in [2.24, 2.45) is 10.9 Å². The van der Waals surface area contributed by atoms with E-state index in [2.05, 4.69) is 10.3 Å². The number of hydrogen-bond acceptors (Lipinski definition) is 4. The van der Waals surface area contributed by atoms with Crippen molar-refractivity contribution in [2.75, 3.05) is 46.4 Å². The zero-order chi connectivity index (χ0) is 17.4. The average molecular weight is 466 g/mol. The summed E-state index contributed by atoms with van der Waals surface area (Å²) in [7, 11) is 1.97. The average Bonchev–Trinajstić information content (AvgIpc) is 3.37. The summed E-state index contributed by atoms with van der Waals surface area (Å²) < 4.78 is 5.66. The van der Waals surface area contributed by atoms with E-state index in [0.717, 1.165) is 31.6 Å². The molecule has 144 valence electrons. The van der Waals surface area contributed by atoms with Crippen LogP contribution in [0, 0.1) is 5.92 Å². The highest BCUT2D eigenvalue weighted by Gasteiger charge is 2.25. The van der Waals surface area contributed by atoms with Gasteiger partial charge in [-0.1, -0.05) is 0 Å². The zero-order valence-corrected chi connectivity index (χ0v) is 17.7. The van der Waals surface area contributed by atoms with Crippen molar-refractivity contribution in [3.05, 3.63) is 0 Å². The van der Waals surface area contributed by atoms with Gasteiger partial charge in [0.2, 0.25) is 11.8 Å². The molecule has 1 aliphatic carbocycles. The lowest BCUT2D eigenvalue weighted by Gasteiger charge is -2.25. The number of nitrogens with one attached hydrogen (secondary N) is 1. The number of carbonyl (C=O) groups is 2. The molecular formula is C17H31IN4O3. The summed E-state index contributed by atoms with van der Waals surface area (Å²) in [6, 6.07) is 0. The Bertz CT molecular complexity index is 453. The Morgan fingerprint density at radius 2 is 2.00 bits per heavy atom. The first-order chi connectivity index (χ1) is 11.6. The van der Waals surface area contributed by atoms with Gasteiger partial charge in [-0.15, -0.1) is 24.0 Å². The summed E-state index contributed by atoms with van der Waals surface area (Å²) in [4.78, 5) is 31.5. The molecular weight excluding hydrogens is 435 g/mol. The molecule has 2 amide bonds. The van der Waals surface area contributed by atoms with Gasteiger partial charge >= 0.3 is 0 Å². The summed E-state index contributed by atoms with van der Waals surface area (Å²) in [5, 5.41) is 3.24. The molecule has 2 rings (SSSR count).